The Hall–Kier alpha value is -2.24. The van der Waals surface area contributed by atoms with Crippen molar-refractivity contribution < 1.29 is 14.4 Å². The molecular formula is C17H29N7O4. The number of nitrogens with zero attached hydrogens (tertiary/aromatic N) is 5. The number of hydrogen-bond donors (Lipinski definition) is 2. The molecule has 0 saturated carbocycles. The van der Waals surface area contributed by atoms with Crippen LogP contribution in [0.25, 0.3) is 0 Å². The van der Waals surface area contributed by atoms with E-state index in [1.807, 2.05) is 18.7 Å². The van der Waals surface area contributed by atoms with Crippen LogP contribution in [-0.4, -0.2) is 84.5 Å². The summed E-state index contributed by atoms with van der Waals surface area (Å²) >= 11 is 0. The molecule has 0 amide bonds. The summed E-state index contributed by atoms with van der Waals surface area (Å²) < 4.78 is 11.1. The molecule has 3 N–H and O–H groups in total. The summed E-state index contributed by atoms with van der Waals surface area (Å²) in [6.45, 7) is 9.93. The Morgan fingerprint density at radius 3 is 2.57 bits per heavy atom. The first-order valence-electron chi connectivity index (χ1n) is 9.70. The molecule has 2 aliphatic heterocycles. The van der Waals surface area contributed by atoms with E-state index in [1.165, 1.54) is 0 Å². The van der Waals surface area contributed by atoms with Crippen molar-refractivity contribution in [3.8, 4) is 0 Å². The molecule has 2 aliphatic rings. The largest absolute Gasteiger partial charge is 0.379 e. The third-order valence-corrected chi connectivity index (χ3v) is 4.83. The molecule has 0 radical (unpaired) electrons. The van der Waals surface area contributed by atoms with E-state index in [-0.39, 0.29) is 29.5 Å². The van der Waals surface area contributed by atoms with Crippen LogP contribution in [-0.2, 0) is 9.47 Å². The van der Waals surface area contributed by atoms with Crippen LogP contribution < -0.4 is 16.0 Å². The fourth-order valence-electron chi connectivity index (χ4n) is 3.61. The predicted molar refractivity (Wildman–Crippen MR) is 106 cm³/mol. The Labute approximate surface area is 164 Å². The van der Waals surface area contributed by atoms with Gasteiger partial charge in [-0.05, 0) is 26.8 Å². The smallest absolute Gasteiger partial charge is 0.353 e. The maximum absolute atomic E-state index is 11.5. The second-order valence-electron chi connectivity index (χ2n) is 7.26. The van der Waals surface area contributed by atoms with Gasteiger partial charge in [0.25, 0.3) is 0 Å². The number of nitrogens with one attached hydrogen (secondary N) is 1. The highest BCUT2D eigenvalue weighted by Gasteiger charge is 2.32. The lowest BCUT2D eigenvalue weighted by molar-refractivity contribution is -0.383. The fourth-order valence-corrected chi connectivity index (χ4v) is 3.61. The van der Waals surface area contributed by atoms with Crippen LogP contribution in [0.5, 0.6) is 0 Å². The van der Waals surface area contributed by atoms with Crippen LogP contribution in [0.15, 0.2) is 0 Å². The van der Waals surface area contributed by atoms with E-state index in [0.29, 0.717) is 25.6 Å². The maximum atomic E-state index is 11.5. The van der Waals surface area contributed by atoms with E-state index >= 15 is 0 Å². The number of morpholine rings is 2. The van der Waals surface area contributed by atoms with E-state index in [4.69, 9.17) is 15.2 Å². The zero-order chi connectivity index (χ0) is 20.1. The number of nitrogens with two attached hydrogens (primary N) is 1. The summed E-state index contributed by atoms with van der Waals surface area (Å²) in [5, 5.41) is 14.7. The number of anilines is 3. The molecule has 11 nitrogen and oxygen atoms in total. The molecule has 1 aromatic rings. The van der Waals surface area contributed by atoms with E-state index < -0.39 is 4.92 Å². The van der Waals surface area contributed by atoms with Gasteiger partial charge in [-0.2, -0.15) is 9.97 Å². The highest BCUT2D eigenvalue weighted by Crippen LogP contribution is 2.33. The Kier molecular flexibility index (Phi) is 6.81. The van der Waals surface area contributed by atoms with Gasteiger partial charge in [0.2, 0.25) is 17.6 Å². The van der Waals surface area contributed by atoms with Crippen LogP contribution in [0.3, 0.4) is 0 Å². The second kappa shape index (κ2) is 9.30. The van der Waals surface area contributed by atoms with Crippen LogP contribution in [0.4, 0.5) is 23.3 Å². The first-order valence-corrected chi connectivity index (χ1v) is 9.70. The van der Waals surface area contributed by atoms with Crippen molar-refractivity contribution in [1.29, 1.82) is 0 Å². The molecule has 3 heterocycles. The van der Waals surface area contributed by atoms with Crippen molar-refractivity contribution >= 4 is 23.3 Å². The van der Waals surface area contributed by atoms with Crippen molar-refractivity contribution in [3.05, 3.63) is 10.1 Å². The highest BCUT2D eigenvalue weighted by atomic mass is 16.6. The normalized spacial score (nSPS) is 23.6. The Morgan fingerprint density at radius 1 is 1.25 bits per heavy atom. The van der Waals surface area contributed by atoms with Crippen molar-refractivity contribution in [1.82, 2.24) is 14.9 Å². The summed E-state index contributed by atoms with van der Waals surface area (Å²) in [5.74, 6) is 0.430. The maximum Gasteiger partial charge on any atom is 0.353 e. The molecule has 0 bridgehead atoms. The monoisotopic (exact) mass is 395 g/mol. The molecule has 2 fully saturated rings. The molecule has 3 rings (SSSR count). The van der Waals surface area contributed by atoms with Crippen molar-refractivity contribution in [2.24, 2.45) is 0 Å². The third kappa shape index (κ3) is 5.18. The topological polar surface area (TPSA) is 132 Å². The lowest BCUT2D eigenvalue weighted by atomic mass is 10.2. The van der Waals surface area contributed by atoms with Gasteiger partial charge in [-0.15, -0.1) is 0 Å². The second-order valence-corrected chi connectivity index (χ2v) is 7.26. The minimum Gasteiger partial charge on any atom is -0.379 e. The van der Waals surface area contributed by atoms with E-state index in [1.54, 1.807) is 0 Å². The van der Waals surface area contributed by atoms with Gasteiger partial charge in [-0.3, -0.25) is 15.0 Å². The van der Waals surface area contributed by atoms with Gasteiger partial charge in [0, 0.05) is 32.7 Å². The Balaban J connectivity index is 1.68. The quantitative estimate of drug-likeness (QED) is 0.386. The average Bonchev–Trinajstić information content (AvgIpc) is 2.64. The predicted octanol–water partition coefficient (Wildman–Crippen LogP) is 0.715. The number of rotatable bonds is 7. The number of nitro groups is 1. The number of hydrogen-bond acceptors (Lipinski definition) is 10. The molecule has 2 saturated heterocycles. The molecule has 2 atom stereocenters. The molecule has 0 aliphatic carbocycles. The summed E-state index contributed by atoms with van der Waals surface area (Å²) in [6.07, 6.45) is 0.801. The van der Waals surface area contributed by atoms with Crippen molar-refractivity contribution in [2.45, 2.75) is 32.5 Å². The van der Waals surface area contributed by atoms with Crippen molar-refractivity contribution in [3.63, 3.8) is 0 Å². The minimum absolute atomic E-state index is 0.0514. The molecule has 0 spiro atoms. The lowest BCUT2D eigenvalue weighted by Gasteiger charge is -2.35. The van der Waals surface area contributed by atoms with E-state index in [0.717, 1.165) is 39.3 Å². The molecule has 28 heavy (non-hydrogen) atoms. The molecule has 0 unspecified atom stereocenters. The Morgan fingerprint density at radius 2 is 1.93 bits per heavy atom. The van der Waals surface area contributed by atoms with Gasteiger partial charge < -0.3 is 25.4 Å². The standard InChI is InChI=1S/C17H29N7O4/c1-12-10-23(11-13(2)28-12)16-14(24(25)26)15(18)20-17(21-16)19-4-3-5-22-6-8-27-9-7-22/h12-13H,3-11H2,1-2H3,(H3,18,19,20,21)/t12-,13-/m0/s1. The number of ether oxygens (including phenoxy) is 2. The summed E-state index contributed by atoms with van der Waals surface area (Å²) in [4.78, 5) is 23.7. The first-order chi connectivity index (χ1) is 13.4. The molecule has 1 aromatic heterocycles. The van der Waals surface area contributed by atoms with Crippen LogP contribution in [0.2, 0.25) is 0 Å². The van der Waals surface area contributed by atoms with Gasteiger partial charge in [-0.25, -0.2) is 0 Å². The lowest BCUT2D eigenvalue weighted by Crippen LogP contribution is -2.46. The van der Waals surface area contributed by atoms with Crippen LogP contribution >= 0.6 is 0 Å². The summed E-state index contributed by atoms with van der Waals surface area (Å²) in [6, 6.07) is 0. The van der Waals surface area contributed by atoms with E-state index in [2.05, 4.69) is 20.2 Å². The zero-order valence-corrected chi connectivity index (χ0v) is 16.5. The van der Waals surface area contributed by atoms with Gasteiger partial charge >= 0.3 is 5.69 Å². The Bertz CT molecular complexity index is 674. The summed E-state index contributed by atoms with van der Waals surface area (Å²) in [7, 11) is 0. The van der Waals surface area contributed by atoms with Gasteiger partial charge in [0.05, 0.1) is 30.3 Å². The molecule has 156 valence electrons. The number of nitrogen functional groups attached to an aromatic ring is 1. The molecular weight excluding hydrogens is 366 g/mol. The summed E-state index contributed by atoms with van der Waals surface area (Å²) in [5.41, 5.74) is 5.66. The van der Waals surface area contributed by atoms with E-state index in [9.17, 15) is 10.1 Å². The third-order valence-electron chi connectivity index (χ3n) is 4.83. The van der Waals surface area contributed by atoms with Gasteiger partial charge in [0.15, 0.2) is 0 Å². The fraction of sp³-hybridized carbons (Fsp3) is 0.765. The van der Waals surface area contributed by atoms with Gasteiger partial charge in [0.1, 0.15) is 0 Å². The average molecular weight is 395 g/mol. The van der Waals surface area contributed by atoms with Crippen molar-refractivity contribution in [2.75, 3.05) is 68.4 Å². The highest BCUT2D eigenvalue weighted by molar-refractivity contribution is 5.71. The van der Waals surface area contributed by atoms with Gasteiger partial charge in [-0.1, -0.05) is 0 Å². The number of aromatic nitrogens is 2. The van der Waals surface area contributed by atoms with Crippen LogP contribution in [0, 0.1) is 10.1 Å². The first kappa shape index (κ1) is 20.5. The minimum atomic E-state index is -0.516. The molecule has 11 heteroatoms. The molecule has 0 aromatic carbocycles. The van der Waals surface area contributed by atoms with Crippen LogP contribution in [0.1, 0.15) is 20.3 Å². The SMILES string of the molecule is C[C@H]1CN(c2nc(NCCCN3CCOCC3)nc(N)c2[N+](=O)[O-])C[C@H](C)O1. The zero-order valence-electron chi connectivity index (χ0n) is 16.5.